The molecule has 0 atom stereocenters. The van der Waals surface area contributed by atoms with Crippen LogP contribution < -0.4 is 16.0 Å². The van der Waals surface area contributed by atoms with Gasteiger partial charge in [0.1, 0.15) is 5.39 Å². The fraction of sp³-hybridized carbons (Fsp3) is 0.500. The molecule has 0 aliphatic heterocycles. The van der Waals surface area contributed by atoms with Crippen LogP contribution in [0.4, 0.5) is 5.95 Å². The Morgan fingerprint density at radius 3 is 3.12 bits per heavy atom. The lowest BCUT2D eigenvalue weighted by Crippen LogP contribution is -2.11. The summed E-state index contributed by atoms with van der Waals surface area (Å²) in [5, 5.41) is 7.46. The molecule has 0 saturated heterocycles. The number of nitrogens with two attached hydrogens (primary N) is 1. The van der Waals surface area contributed by atoms with Gasteiger partial charge in [-0.15, -0.1) is 0 Å². The van der Waals surface area contributed by atoms with Crippen LogP contribution in [0.1, 0.15) is 19.3 Å². The molecule has 0 bridgehead atoms. The third-order valence-corrected chi connectivity index (χ3v) is 2.87. The Kier molecular flexibility index (Phi) is 2.52. The minimum atomic E-state index is 0.322. The summed E-state index contributed by atoms with van der Waals surface area (Å²) in [5.41, 5.74) is 3.03. The van der Waals surface area contributed by atoms with Crippen molar-refractivity contribution in [3.05, 3.63) is 6.20 Å². The molecule has 17 heavy (non-hydrogen) atoms. The molecule has 3 rings (SSSR count). The summed E-state index contributed by atoms with van der Waals surface area (Å²) in [7, 11) is 0. The Balaban J connectivity index is 1.81. The van der Waals surface area contributed by atoms with Gasteiger partial charge >= 0.3 is 0 Å². The van der Waals surface area contributed by atoms with Crippen LogP contribution in [-0.2, 0) is 0 Å². The number of fused-ring (bicyclic) bond motifs is 1. The molecule has 0 spiro atoms. The lowest BCUT2D eigenvalue weighted by molar-refractivity contribution is 0.295. The van der Waals surface area contributed by atoms with E-state index in [-0.39, 0.29) is 0 Å². The summed E-state index contributed by atoms with van der Waals surface area (Å²) < 4.78 is 5.66. The van der Waals surface area contributed by atoms with Crippen LogP contribution in [0.5, 0.6) is 5.88 Å². The lowest BCUT2D eigenvalue weighted by atomic mass is 10.3. The van der Waals surface area contributed by atoms with Crippen molar-refractivity contribution in [3.63, 3.8) is 0 Å². The largest absolute Gasteiger partial charge is 0.477 e. The van der Waals surface area contributed by atoms with Gasteiger partial charge < -0.3 is 4.74 Å². The fourth-order valence-corrected chi connectivity index (χ4v) is 1.71. The van der Waals surface area contributed by atoms with Crippen LogP contribution in [-0.4, -0.2) is 26.8 Å². The molecular formula is C10H14N6O. The maximum Gasteiger partial charge on any atom is 0.242 e. The van der Waals surface area contributed by atoms with Crippen molar-refractivity contribution in [1.82, 2.24) is 20.2 Å². The molecule has 1 fully saturated rings. The normalized spacial score (nSPS) is 15.1. The summed E-state index contributed by atoms with van der Waals surface area (Å²) in [6, 6.07) is 0. The summed E-state index contributed by atoms with van der Waals surface area (Å²) in [4.78, 5) is 8.30. The van der Waals surface area contributed by atoms with Crippen LogP contribution in [0, 0.1) is 5.92 Å². The van der Waals surface area contributed by atoms with Gasteiger partial charge in [0.15, 0.2) is 5.65 Å². The number of aromatic nitrogens is 4. The minimum absolute atomic E-state index is 0.322. The molecule has 0 amide bonds. The van der Waals surface area contributed by atoms with Crippen LogP contribution >= 0.6 is 0 Å². The van der Waals surface area contributed by atoms with Crippen molar-refractivity contribution in [1.29, 1.82) is 0 Å². The summed E-state index contributed by atoms with van der Waals surface area (Å²) in [6.07, 6.45) is 5.38. The highest BCUT2D eigenvalue weighted by molar-refractivity contribution is 5.80. The van der Waals surface area contributed by atoms with E-state index in [9.17, 15) is 0 Å². The highest BCUT2D eigenvalue weighted by atomic mass is 16.5. The van der Waals surface area contributed by atoms with Crippen molar-refractivity contribution in [2.24, 2.45) is 11.8 Å². The second-order valence-corrected chi connectivity index (χ2v) is 4.21. The molecule has 4 N–H and O–H groups in total. The van der Waals surface area contributed by atoms with E-state index in [0.717, 1.165) is 17.7 Å². The van der Waals surface area contributed by atoms with E-state index in [2.05, 4.69) is 25.6 Å². The van der Waals surface area contributed by atoms with Gasteiger partial charge in [0, 0.05) is 0 Å². The number of rotatable bonds is 5. The number of hydrogen-bond donors (Lipinski definition) is 3. The van der Waals surface area contributed by atoms with E-state index in [1.165, 1.54) is 12.8 Å². The summed E-state index contributed by atoms with van der Waals surface area (Å²) >= 11 is 0. The van der Waals surface area contributed by atoms with Gasteiger partial charge in [-0.1, -0.05) is 12.8 Å². The highest BCUT2D eigenvalue weighted by Crippen LogP contribution is 2.32. The molecule has 1 aliphatic rings. The Morgan fingerprint density at radius 2 is 2.35 bits per heavy atom. The number of hydrogen-bond acceptors (Lipinski definition) is 6. The van der Waals surface area contributed by atoms with Crippen LogP contribution in [0.25, 0.3) is 11.0 Å². The first kappa shape index (κ1) is 10.3. The third-order valence-electron chi connectivity index (χ3n) is 2.87. The van der Waals surface area contributed by atoms with E-state index in [1.807, 2.05) is 0 Å². The van der Waals surface area contributed by atoms with E-state index in [4.69, 9.17) is 10.6 Å². The molecular weight excluding hydrogens is 220 g/mol. The van der Waals surface area contributed by atoms with E-state index >= 15 is 0 Å². The predicted octanol–water partition coefficient (Wildman–Crippen LogP) is 0.817. The topological polar surface area (TPSA) is 102 Å². The Hall–Kier alpha value is -1.89. The molecule has 90 valence electrons. The fourth-order valence-electron chi connectivity index (χ4n) is 1.71. The quantitative estimate of drug-likeness (QED) is 0.523. The molecule has 2 aromatic heterocycles. The van der Waals surface area contributed by atoms with E-state index in [1.54, 1.807) is 6.20 Å². The molecule has 0 aromatic carbocycles. The molecule has 1 aliphatic carbocycles. The second-order valence-electron chi connectivity index (χ2n) is 4.21. The summed E-state index contributed by atoms with van der Waals surface area (Å²) in [6.45, 7) is 0.673. The van der Waals surface area contributed by atoms with Crippen molar-refractivity contribution < 1.29 is 4.74 Å². The van der Waals surface area contributed by atoms with Gasteiger partial charge in [0.2, 0.25) is 11.8 Å². The van der Waals surface area contributed by atoms with E-state index in [0.29, 0.717) is 24.1 Å². The summed E-state index contributed by atoms with van der Waals surface area (Å²) in [5.74, 6) is 6.99. The Morgan fingerprint density at radius 1 is 1.47 bits per heavy atom. The molecule has 2 heterocycles. The molecule has 2 aromatic rings. The number of nitrogen functional groups attached to an aromatic ring is 1. The molecule has 7 nitrogen and oxygen atoms in total. The molecule has 0 unspecified atom stereocenters. The zero-order chi connectivity index (χ0) is 11.7. The highest BCUT2D eigenvalue weighted by Gasteiger charge is 2.21. The lowest BCUT2D eigenvalue weighted by Gasteiger charge is -2.06. The van der Waals surface area contributed by atoms with E-state index < -0.39 is 0 Å². The average Bonchev–Trinajstić information content (AvgIpc) is 3.04. The zero-order valence-electron chi connectivity index (χ0n) is 9.31. The van der Waals surface area contributed by atoms with Gasteiger partial charge in [-0.05, 0) is 12.3 Å². The van der Waals surface area contributed by atoms with Gasteiger partial charge in [-0.3, -0.25) is 10.5 Å². The maximum absolute atomic E-state index is 5.66. The van der Waals surface area contributed by atoms with Gasteiger partial charge in [0.05, 0.1) is 12.8 Å². The standard InChI is InChI=1S/C10H14N6O/c11-15-10-13-8-7(5-12-16-8)9(14-10)17-4-3-6-1-2-6/h5-6H,1-4,11H2,(H2,12,13,14,15,16). The van der Waals surface area contributed by atoms with Gasteiger partial charge in [-0.25, -0.2) is 5.84 Å². The first-order valence-electron chi connectivity index (χ1n) is 5.67. The number of hydrazine groups is 1. The molecule has 7 heteroatoms. The smallest absolute Gasteiger partial charge is 0.242 e. The Labute approximate surface area is 97.7 Å². The average molecular weight is 234 g/mol. The third kappa shape index (κ3) is 2.14. The van der Waals surface area contributed by atoms with Crippen molar-refractivity contribution in [2.45, 2.75) is 19.3 Å². The molecule has 1 saturated carbocycles. The molecule has 0 radical (unpaired) electrons. The number of ether oxygens (including phenoxy) is 1. The first-order chi connectivity index (χ1) is 8.36. The van der Waals surface area contributed by atoms with Crippen LogP contribution in [0.15, 0.2) is 6.20 Å². The Bertz CT molecular complexity index is 520. The number of anilines is 1. The number of nitrogens with one attached hydrogen (secondary N) is 2. The first-order valence-corrected chi connectivity index (χ1v) is 5.67. The zero-order valence-corrected chi connectivity index (χ0v) is 9.31. The van der Waals surface area contributed by atoms with Crippen molar-refractivity contribution >= 4 is 17.0 Å². The predicted molar refractivity (Wildman–Crippen MR) is 62.3 cm³/mol. The number of H-pyrrole nitrogens is 1. The van der Waals surface area contributed by atoms with Crippen LogP contribution in [0.3, 0.4) is 0 Å². The maximum atomic E-state index is 5.66. The second kappa shape index (κ2) is 4.17. The van der Waals surface area contributed by atoms with Gasteiger partial charge in [-0.2, -0.15) is 15.1 Å². The van der Waals surface area contributed by atoms with Crippen LogP contribution in [0.2, 0.25) is 0 Å². The number of aromatic amines is 1. The number of nitrogens with zero attached hydrogens (tertiary/aromatic N) is 3. The minimum Gasteiger partial charge on any atom is -0.477 e. The SMILES string of the molecule is NNc1nc(OCCC2CC2)c2cn[nH]c2n1. The van der Waals surface area contributed by atoms with Crippen molar-refractivity contribution in [2.75, 3.05) is 12.0 Å². The van der Waals surface area contributed by atoms with Gasteiger partial charge in [0.25, 0.3) is 0 Å². The van der Waals surface area contributed by atoms with Crippen molar-refractivity contribution in [3.8, 4) is 5.88 Å². The monoisotopic (exact) mass is 234 g/mol.